The van der Waals surface area contributed by atoms with Gasteiger partial charge in [-0.3, -0.25) is 4.98 Å². The topological polar surface area (TPSA) is 56.7 Å². The van der Waals surface area contributed by atoms with E-state index in [0.717, 1.165) is 21.1 Å². The van der Waals surface area contributed by atoms with Gasteiger partial charge in [-0.2, -0.15) is 5.10 Å². The fraction of sp³-hybridized carbons (Fsp3) is 0. The van der Waals surface area contributed by atoms with E-state index >= 15 is 0 Å². The summed E-state index contributed by atoms with van der Waals surface area (Å²) < 4.78 is 2.57. The molecule has 0 unspecified atom stereocenters. The van der Waals surface area contributed by atoms with Crippen LogP contribution in [0.25, 0.3) is 16.6 Å². The number of fused-ring (bicyclic) bond motifs is 1. The molecule has 0 saturated carbocycles. The van der Waals surface area contributed by atoms with E-state index in [9.17, 15) is 0 Å². The van der Waals surface area contributed by atoms with Gasteiger partial charge in [-0.1, -0.05) is 11.6 Å². The molecule has 2 aromatic heterocycles. The first-order chi connectivity index (χ1) is 8.65. The Balaban J connectivity index is 2.34. The van der Waals surface area contributed by atoms with Gasteiger partial charge in [0.25, 0.3) is 0 Å². The Hall–Kier alpha value is -1.59. The predicted octanol–water partition coefficient (Wildman–Crippen LogP) is 3.42. The molecule has 0 bridgehead atoms. The number of nitrogens with zero attached hydrogens (tertiary/aromatic N) is 3. The molecule has 2 heterocycles. The molecule has 3 aromatic rings. The van der Waals surface area contributed by atoms with Crippen LogP contribution in [0.2, 0.25) is 5.02 Å². The van der Waals surface area contributed by atoms with Gasteiger partial charge >= 0.3 is 0 Å². The molecule has 0 radical (unpaired) electrons. The molecule has 90 valence electrons. The van der Waals surface area contributed by atoms with Crippen LogP contribution in [0.4, 0.5) is 5.69 Å². The number of benzene rings is 1. The van der Waals surface area contributed by atoms with Crippen molar-refractivity contribution in [3.05, 3.63) is 46.3 Å². The Morgan fingerprint density at radius 2 is 2.11 bits per heavy atom. The lowest BCUT2D eigenvalue weighted by molar-refractivity contribution is 0.885. The Kier molecular flexibility index (Phi) is 2.72. The van der Waals surface area contributed by atoms with E-state index in [0.29, 0.717) is 10.7 Å². The molecule has 0 aliphatic heterocycles. The van der Waals surface area contributed by atoms with E-state index < -0.39 is 0 Å². The van der Waals surface area contributed by atoms with E-state index in [1.54, 1.807) is 23.3 Å². The van der Waals surface area contributed by atoms with Gasteiger partial charge in [0, 0.05) is 27.9 Å². The van der Waals surface area contributed by atoms with Crippen LogP contribution in [0.1, 0.15) is 0 Å². The minimum Gasteiger partial charge on any atom is -0.398 e. The standard InChI is InChI=1S/C12H8BrClN4/c13-7-3-9-10(15)1-2-11(12(9)16-4-7)18-6-8(14)5-17-18/h1-6H,15H2. The molecule has 0 amide bonds. The van der Waals surface area contributed by atoms with Gasteiger partial charge in [0.2, 0.25) is 0 Å². The van der Waals surface area contributed by atoms with Crippen LogP contribution in [-0.2, 0) is 0 Å². The minimum atomic E-state index is 0.581. The Morgan fingerprint density at radius 3 is 2.83 bits per heavy atom. The van der Waals surface area contributed by atoms with E-state index in [4.69, 9.17) is 17.3 Å². The predicted molar refractivity (Wildman–Crippen MR) is 76.0 cm³/mol. The van der Waals surface area contributed by atoms with Gasteiger partial charge in [-0.15, -0.1) is 0 Å². The van der Waals surface area contributed by atoms with E-state index in [-0.39, 0.29) is 0 Å². The second kappa shape index (κ2) is 4.26. The van der Waals surface area contributed by atoms with E-state index in [1.165, 1.54) is 0 Å². The number of halogens is 2. The Morgan fingerprint density at radius 1 is 1.28 bits per heavy atom. The first-order valence-corrected chi connectivity index (χ1v) is 6.36. The lowest BCUT2D eigenvalue weighted by Gasteiger charge is -2.08. The summed E-state index contributed by atoms with van der Waals surface area (Å²) in [6.45, 7) is 0. The third kappa shape index (κ3) is 1.85. The molecule has 0 saturated heterocycles. The minimum absolute atomic E-state index is 0.581. The van der Waals surface area contributed by atoms with E-state index in [1.807, 2.05) is 18.2 Å². The van der Waals surface area contributed by atoms with Gasteiger partial charge < -0.3 is 5.73 Å². The zero-order valence-corrected chi connectivity index (χ0v) is 11.5. The molecule has 0 aliphatic rings. The quantitative estimate of drug-likeness (QED) is 0.698. The second-order valence-corrected chi connectivity index (χ2v) is 5.18. The molecule has 3 rings (SSSR count). The number of aromatic nitrogens is 3. The number of pyridine rings is 1. The maximum Gasteiger partial charge on any atom is 0.0980 e. The molecule has 0 aliphatic carbocycles. The van der Waals surface area contributed by atoms with E-state index in [2.05, 4.69) is 26.0 Å². The highest BCUT2D eigenvalue weighted by atomic mass is 79.9. The van der Waals surface area contributed by atoms with Crippen molar-refractivity contribution in [3.8, 4) is 5.69 Å². The summed E-state index contributed by atoms with van der Waals surface area (Å²) in [7, 11) is 0. The Labute approximate surface area is 117 Å². The summed E-state index contributed by atoms with van der Waals surface area (Å²) in [6, 6.07) is 5.65. The summed E-state index contributed by atoms with van der Waals surface area (Å²) in [6.07, 6.45) is 5.05. The summed E-state index contributed by atoms with van der Waals surface area (Å²) in [5, 5.41) is 5.64. The molecule has 4 nitrogen and oxygen atoms in total. The van der Waals surface area contributed by atoms with Crippen LogP contribution >= 0.6 is 27.5 Å². The van der Waals surface area contributed by atoms with Crippen molar-refractivity contribution in [1.29, 1.82) is 0 Å². The molecule has 0 spiro atoms. The van der Waals surface area contributed by atoms with Crippen molar-refractivity contribution < 1.29 is 0 Å². The third-order valence-corrected chi connectivity index (χ3v) is 3.26. The van der Waals surface area contributed by atoms with Crippen molar-refractivity contribution >= 4 is 44.1 Å². The number of hydrogen-bond acceptors (Lipinski definition) is 3. The first kappa shape index (κ1) is 11.5. The number of anilines is 1. The second-order valence-electron chi connectivity index (χ2n) is 3.83. The highest BCUT2D eigenvalue weighted by molar-refractivity contribution is 9.10. The smallest absolute Gasteiger partial charge is 0.0980 e. The van der Waals surface area contributed by atoms with Crippen LogP contribution in [0.5, 0.6) is 0 Å². The molecule has 0 atom stereocenters. The molecule has 0 fully saturated rings. The van der Waals surface area contributed by atoms with Crippen molar-refractivity contribution in [2.75, 3.05) is 5.73 Å². The Bertz CT molecular complexity index is 738. The van der Waals surface area contributed by atoms with Crippen LogP contribution < -0.4 is 5.73 Å². The van der Waals surface area contributed by atoms with Crippen LogP contribution in [0.3, 0.4) is 0 Å². The maximum atomic E-state index is 5.96. The van der Waals surface area contributed by atoms with Gasteiger partial charge in [0.15, 0.2) is 0 Å². The molecule has 6 heteroatoms. The summed E-state index contributed by atoms with van der Waals surface area (Å²) in [4.78, 5) is 4.40. The summed E-state index contributed by atoms with van der Waals surface area (Å²) >= 11 is 9.27. The number of hydrogen-bond donors (Lipinski definition) is 1. The van der Waals surface area contributed by atoms with Crippen LogP contribution in [0.15, 0.2) is 41.3 Å². The molecule has 2 N–H and O–H groups in total. The molecule has 1 aromatic carbocycles. The van der Waals surface area contributed by atoms with Crippen molar-refractivity contribution in [3.63, 3.8) is 0 Å². The molecular weight excluding hydrogens is 316 g/mol. The normalized spacial score (nSPS) is 11.0. The average Bonchev–Trinajstić information content (AvgIpc) is 2.77. The maximum absolute atomic E-state index is 5.96. The monoisotopic (exact) mass is 322 g/mol. The lowest BCUT2D eigenvalue weighted by Crippen LogP contribution is -1.99. The summed E-state index contributed by atoms with van der Waals surface area (Å²) in [5.74, 6) is 0. The lowest BCUT2D eigenvalue weighted by atomic mass is 10.1. The number of rotatable bonds is 1. The highest BCUT2D eigenvalue weighted by Gasteiger charge is 2.09. The third-order valence-electron chi connectivity index (χ3n) is 2.63. The number of nitrogens with two attached hydrogens (primary N) is 1. The zero-order chi connectivity index (χ0) is 12.7. The van der Waals surface area contributed by atoms with Crippen LogP contribution in [-0.4, -0.2) is 14.8 Å². The van der Waals surface area contributed by atoms with Gasteiger partial charge in [0.1, 0.15) is 0 Å². The van der Waals surface area contributed by atoms with Crippen molar-refractivity contribution in [1.82, 2.24) is 14.8 Å². The van der Waals surface area contributed by atoms with Gasteiger partial charge in [-0.05, 0) is 34.1 Å². The molecule has 18 heavy (non-hydrogen) atoms. The van der Waals surface area contributed by atoms with Crippen molar-refractivity contribution in [2.45, 2.75) is 0 Å². The fourth-order valence-electron chi connectivity index (χ4n) is 1.82. The van der Waals surface area contributed by atoms with Gasteiger partial charge in [0.05, 0.1) is 22.4 Å². The highest BCUT2D eigenvalue weighted by Crippen LogP contribution is 2.28. The first-order valence-electron chi connectivity index (χ1n) is 5.19. The fourth-order valence-corrected chi connectivity index (χ4v) is 2.29. The summed E-state index contributed by atoms with van der Waals surface area (Å²) in [5.41, 5.74) is 8.28. The molecular formula is C12H8BrClN4. The zero-order valence-electron chi connectivity index (χ0n) is 9.14. The van der Waals surface area contributed by atoms with Crippen LogP contribution in [0, 0.1) is 0 Å². The SMILES string of the molecule is Nc1ccc(-n2cc(Cl)cn2)c2ncc(Br)cc12. The largest absolute Gasteiger partial charge is 0.398 e. The van der Waals surface area contributed by atoms with Crippen molar-refractivity contribution in [2.24, 2.45) is 0 Å². The average molecular weight is 324 g/mol. The van der Waals surface area contributed by atoms with Gasteiger partial charge in [-0.25, -0.2) is 4.68 Å². The number of nitrogen functional groups attached to an aromatic ring is 1.